The molecule has 1 aliphatic carbocycles. The van der Waals surface area contributed by atoms with Gasteiger partial charge in [-0.15, -0.1) is 0 Å². The summed E-state index contributed by atoms with van der Waals surface area (Å²) in [5, 5.41) is 3.56. The topological polar surface area (TPSA) is 66.5 Å². The van der Waals surface area contributed by atoms with Crippen LogP contribution < -0.4 is 5.32 Å². The van der Waals surface area contributed by atoms with Crippen LogP contribution in [-0.4, -0.2) is 30.7 Å². The van der Waals surface area contributed by atoms with Crippen LogP contribution in [-0.2, 0) is 20.2 Å². The fourth-order valence-electron chi connectivity index (χ4n) is 5.32. The fraction of sp³-hybridized carbons (Fsp3) is 0.381. The Hall–Kier alpha value is -2.34. The number of hydrogen-bond donors (Lipinski definition) is 1. The van der Waals surface area contributed by atoms with Crippen LogP contribution in [0.4, 0.5) is 5.69 Å². The number of anilines is 1. The summed E-state index contributed by atoms with van der Waals surface area (Å²) in [6.45, 7) is 1.92. The zero-order chi connectivity index (χ0) is 18.8. The van der Waals surface area contributed by atoms with Crippen molar-refractivity contribution < 1.29 is 13.2 Å². The number of sulfonamides is 1. The Morgan fingerprint density at radius 3 is 2.59 bits per heavy atom. The quantitative estimate of drug-likeness (QED) is 0.866. The largest absolute Gasteiger partial charge is 0.381 e. The van der Waals surface area contributed by atoms with Crippen LogP contribution in [0.15, 0.2) is 53.4 Å². The van der Waals surface area contributed by atoms with E-state index in [1.54, 1.807) is 24.3 Å². The van der Waals surface area contributed by atoms with Crippen molar-refractivity contribution in [3.63, 3.8) is 0 Å². The molecule has 2 heterocycles. The first-order valence-corrected chi connectivity index (χ1v) is 10.9. The summed E-state index contributed by atoms with van der Waals surface area (Å²) in [5.74, 6) is -0.286. The number of rotatable bonds is 2. The molecule has 6 heteroatoms. The van der Waals surface area contributed by atoms with Crippen LogP contribution in [0.25, 0.3) is 0 Å². The molecule has 140 valence electrons. The summed E-state index contributed by atoms with van der Waals surface area (Å²) in [6, 6.07) is 14.6. The first-order valence-electron chi connectivity index (χ1n) is 9.44. The van der Waals surface area contributed by atoms with Crippen molar-refractivity contribution in [3.8, 4) is 0 Å². The van der Waals surface area contributed by atoms with Gasteiger partial charge in [-0.3, -0.25) is 4.79 Å². The van der Waals surface area contributed by atoms with Crippen LogP contribution in [0.1, 0.15) is 36.8 Å². The highest BCUT2D eigenvalue weighted by Gasteiger charge is 2.63. The normalized spacial score (nSPS) is 29.1. The summed E-state index contributed by atoms with van der Waals surface area (Å²) in [6.07, 6.45) is 2.82. The molecule has 2 fully saturated rings. The van der Waals surface area contributed by atoms with Gasteiger partial charge in [0, 0.05) is 23.6 Å². The lowest BCUT2D eigenvalue weighted by Crippen LogP contribution is -2.53. The predicted octanol–water partition coefficient (Wildman–Crippen LogP) is 3.20. The van der Waals surface area contributed by atoms with Gasteiger partial charge in [-0.1, -0.05) is 35.9 Å². The van der Waals surface area contributed by atoms with Gasteiger partial charge in [0.2, 0.25) is 5.91 Å². The molecule has 0 bridgehead atoms. The van der Waals surface area contributed by atoms with E-state index in [0.717, 1.165) is 29.7 Å². The van der Waals surface area contributed by atoms with Gasteiger partial charge < -0.3 is 5.32 Å². The summed E-state index contributed by atoms with van der Waals surface area (Å²) in [5.41, 5.74) is 2.67. The zero-order valence-corrected chi connectivity index (χ0v) is 16.0. The summed E-state index contributed by atoms with van der Waals surface area (Å²) in [4.78, 5) is 13.3. The highest BCUT2D eigenvalue weighted by molar-refractivity contribution is 7.89. The molecule has 5 rings (SSSR count). The van der Waals surface area contributed by atoms with Crippen LogP contribution in [0, 0.1) is 6.92 Å². The van der Waals surface area contributed by atoms with Gasteiger partial charge in [-0.05, 0) is 49.9 Å². The highest BCUT2D eigenvalue weighted by atomic mass is 32.2. The van der Waals surface area contributed by atoms with Crippen molar-refractivity contribution in [3.05, 3.63) is 59.7 Å². The van der Waals surface area contributed by atoms with Crippen LogP contribution in [0.5, 0.6) is 0 Å². The second-order valence-electron chi connectivity index (χ2n) is 7.91. The lowest BCUT2D eigenvalue weighted by Gasteiger charge is -2.42. The van der Waals surface area contributed by atoms with Gasteiger partial charge >= 0.3 is 0 Å². The number of benzene rings is 2. The maximum absolute atomic E-state index is 13.4. The van der Waals surface area contributed by atoms with E-state index in [1.165, 1.54) is 4.31 Å². The average Bonchev–Trinajstić information content (AvgIpc) is 3.14. The minimum Gasteiger partial charge on any atom is -0.381 e. The second-order valence-corrected chi connectivity index (χ2v) is 9.73. The maximum Gasteiger partial charge on any atom is 0.266 e. The molecular weight excluding hydrogens is 360 g/mol. The molecule has 2 aromatic carbocycles. The monoisotopic (exact) mass is 382 g/mol. The van der Waals surface area contributed by atoms with Crippen LogP contribution in [0.3, 0.4) is 0 Å². The first kappa shape index (κ1) is 16.8. The molecule has 0 unspecified atom stereocenters. The van der Waals surface area contributed by atoms with Gasteiger partial charge in [0.05, 0.1) is 10.9 Å². The molecule has 0 aromatic heterocycles. The van der Waals surface area contributed by atoms with E-state index in [2.05, 4.69) is 11.4 Å². The lowest BCUT2D eigenvalue weighted by molar-refractivity contribution is -0.124. The van der Waals surface area contributed by atoms with E-state index in [9.17, 15) is 13.2 Å². The third-order valence-corrected chi connectivity index (χ3v) is 8.34. The molecule has 3 aliphatic rings. The Balaban J connectivity index is 1.65. The molecule has 27 heavy (non-hydrogen) atoms. The van der Waals surface area contributed by atoms with Crippen molar-refractivity contribution in [1.82, 2.24) is 4.31 Å². The van der Waals surface area contributed by atoms with E-state index < -0.39 is 15.4 Å². The molecule has 5 nitrogen and oxygen atoms in total. The maximum atomic E-state index is 13.4. The van der Waals surface area contributed by atoms with Gasteiger partial charge in [0.15, 0.2) is 0 Å². The van der Waals surface area contributed by atoms with Crippen LogP contribution >= 0.6 is 0 Å². The third-order valence-electron chi connectivity index (χ3n) is 6.50. The van der Waals surface area contributed by atoms with Crippen molar-refractivity contribution in [1.29, 1.82) is 0 Å². The number of para-hydroxylation sites is 1. The van der Waals surface area contributed by atoms with Crippen molar-refractivity contribution in [2.24, 2.45) is 0 Å². The van der Waals surface area contributed by atoms with Gasteiger partial charge in [0.25, 0.3) is 10.0 Å². The van der Waals surface area contributed by atoms with E-state index in [-0.39, 0.29) is 29.3 Å². The van der Waals surface area contributed by atoms with E-state index in [4.69, 9.17) is 0 Å². The number of aryl methyl sites for hydroxylation is 1. The van der Waals surface area contributed by atoms with Crippen molar-refractivity contribution in [2.45, 2.75) is 55.0 Å². The average molecular weight is 382 g/mol. The molecule has 0 radical (unpaired) electrons. The molecule has 1 saturated heterocycles. The summed E-state index contributed by atoms with van der Waals surface area (Å²) < 4.78 is 28.0. The smallest absolute Gasteiger partial charge is 0.266 e. The number of carbonyl (C=O) groups is 1. The molecule has 2 aliphatic heterocycles. The van der Waals surface area contributed by atoms with Crippen molar-refractivity contribution >= 4 is 21.6 Å². The van der Waals surface area contributed by atoms with Gasteiger partial charge in [0.1, 0.15) is 0 Å². The number of carbonyl (C=O) groups excluding carboxylic acids is 1. The summed E-state index contributed by atoms with van der Waals surface area (Å²) >= 11 is 0. The summed E-state index contributed by atoms with van der Waals surface area (Å²) in [7, 11) is -3.87. The Labute approximate surface area is 159 Å². The zero-order valence-electron chi connectivity index (χ0n) is 15.2. The third kappa shape index (κ3) is 2.16. The standard InChI is InChI=1S/C21H22N2O3S/c1-14-9-11-15(12-10-14)27(25,26)23-19-8-4-7-18-21(19,13-20(23)24)16-5-2-3-6-17(16)22-18/h2-3,5-6,9-12,18-19,22H,4,7-8,13H2,1H3/t18-,19-,21-/m0/s1. The molecule has 1 N–H and O–H groups in total. The predicted molar refractivity (Wildman–Crippen MR) is 103 cm³/mol. The van der Waals surface area contributed by atoms with Gasteiger partial charge in [-0.2, -0.15) is 0 Å². The minimum absolute atomic E-state index is 0.107. The van der Waals surface area contributed by atoms with Gasteiger partial charge in [-0.25, -0.2) is 12.7 Å². The molecule has 1 spiro atoms. The SMILES string of the molecule is Cc1ccc(S(=O)(=O)N2C(=O)C[C@]34c5ccccc5N[C@H]3CCC[C@H]24)cc1. The molecule has 1 amide bonds. The number of nitrogens with zero attached hydrogens (tertiary/aromatic N) is 1. The fourth-order valence-corrected chi connectivity index (χ4v) is 6.99. The van der Waals surface area contributed by atoms with E-state index >= 15 is 0 Å². The Morgan fingerprint density at radius 1 is 1.07 bits per heavy atom. The van der Waals surface area contributed by atoms with E-state index in [0.29, 0.717) is 6.42 Å². The molecule has 2 aromatic rings. The van der Waals surface area contributed by atoms with Crippen LogP contribution in [0.2, 0.25) is 0 Å². The Morgan fingerprint density at radius 2 is 1.81 bits per heavy atom. The molecule has 1 saturated carbocycles. The number of nitrogens with one attached hydrogen (secondary N) is 1. The number of amides is 1. The molecule has 3 atom stereocenters. The van der Waals surface area contributed by atoms with E-state index in [1.807, 2.05) is 25.1 Å². The first-order chi connectivity index (χ1) is 12.9. The second kappa shape index (κ2) is 5.58. The number of hydrogen-bond acceptors (Lipinski definition) is 4. The van der Waals surface area contributed by atoms with Crippen molar-refractivity contribution in [2.75, 3.05) is 5.32 Å². The molecular formula is C21H22N2O3S. The Kier molecular flexibility index (Phi) is 3.47. The minimum atomic E-state index is -3.87. The highest BCUT2D eigenvalue weighted by Crippen LogP contribution is 2.56. The Bertz CT molecular complexity index is 1030. The number of fused-ring (bicyclic) bond motifs is 1. The lowest BCUT2D eigenvalue weighted by atomic mass is 9.65.